The summed E-state index contributed by atoms with van der Waals surface area (Å²) in [6.45, 7) is 1.48. The van der Waals surface area contributed by atoms with Gasteiger partial charge >= 0.3 is 0 Å². The third-order valence-electron chi connectivity index (χ3n) is 2.13. The first kappa shape index (κ1) is 12.4. The van der Waals surface area contributed by atoms with Crippen molar-refractivity contribution in [2.45, 2.75) is 6.42 Å². The van der Waals surface area contributed by atoms with E-state index in [-0.39, 0.29) is 17.0 Å². The maximum absolute atomic E-state index is 11.6. The molecule has 1 aromatic rings. The van der Waals surface area contributed by atoms with E-state index >= 15 is 0 Å². The van der Waals surface area contributed by atoms with Gasteiger partial charge in [-0.25, -0.2) is 0 Å². The van der Waals surface area contributed by atoms with Gasteiger partial charge in [0.2, 0.25) is 0 Å². The van der Waals surface area contributed by atoms with Gasteiger partial charge < -0.3 is 15.2 Å². The Hall–Kier alpha value is -1.62. The number of H-pyrrole nitrogens is 1. The molecule has 0 radical (unpaired) electrons. The lowest BCUT2D eigenvalue weighted by molar-refractivity contribution is 0.0951. The molecular weight excluding hydrogens is 206 g/mol. The van der Waals surface area contributed by atoms with E-state index in [9.17, 15) is 9.59 Å². The van der Waals surface area contributed by atoms with Crippen LogP contribution in [-0.2, 0) is 0 Å². The van der Waals surface area contributed by atoms with Crippen molar-refractivity contribution in [2.24, 2.45) is 0 Å². The molecule has 0 saturated heterocycles. The lowest BCUT2D eigenvalue weighted by atomic mass is 10.2. The van der Waals surface area contributed by atoms with Crippen LogP contribution in [0.2, 0.25) is 0 Å². The minimum Gasteiger partial charge on any atom is -0.352 e. The first-order valence-corrected chi connectivity index (χ1v) is 5.22. The largest absolute Gasteiger partial charge is 0.352 e. The number of aromatic nitrogens is 1. The predicted molar refractivity (Wildman–Crippen MR) is 62.6 cm³/mol. The van der Waals surface area contributed by atoms with Crippen molar-refractivity contribution in [3.05, 3.63) is 34.2 Å². The van der Waals surface area contributed by atoms with Crippen LogP contribution >= 0.6 is 0 Å². The standard InChI is InChI=1S/C11H17N3O2/c1-14(2)8-4-7-13-11(16)9-5-3-6-12-10(9)15/h3,5-6H,4,7-8H2,1-2H3,(H,12,15)(H,13,16). The zero-order chi connectivity index (χ0) is 12.0. The second kappa shape index (κ2) is 6.07. The smallest absolute Gasteiger partial charge is 0.260 e. The molecule has 0 bridgehead atoms. The highest BCUT2D eigenvalue weighted by atomic mass is 16.2. The molecule has 0 saturated carbocycles. The van der Waals surface area contributed by atoms with Gasteiger partial charge in [0.15, 0.2) is 0 Å². The van der Waals surface area contributed by atoms with Crippen LogP contribution in [0.15, 0.2) is 23.1 Å². The Morgan fingerprint density at radius 3 is 2.88 bits per heavy atom. The van der Waals surface area contributed by atoms with Crippen molar-refractivity contribution in [3.63, 3.8) is 0 Å². The average molecular weight is 223 g/mol. The fourth-order valence-electron chi connectivity index (χ4n) is 1.29. The summed E-state index contributed by atoms with van der Waals surface area (Å²) in [6.07, 6.45) is 2.37. The number of carbonyl (C=O) groups is 1. The molecule has 5 heteroatoms. The molecule has 0 unspecified atom stereocenters. The minimum atomic E-state index is -0.354. The van der Waals surface area contributed by atoms with Crippen LogP contribution < -0.4 is 10.9 Å². The van der Waals surface area contributed by atoms with Gasteiger partial charge in [-0.2, -0.15) is 0 Å². The normalized spacial score (nSPS) is 10.4. The molecule has 5 nitrogen and oxygen atoms in total. The van der Waals surface area contributed by atoms with Gasteiger partial charge in [-0.3, -0.25) is 9.59 Å². The van der Waals surface area contributed by atoms with E-state index in [4.69, 9.17) is 0 Å². The summed E-state index contributed by atoms with van der Waals surface area (Å²) in [7, 11) is 3.95. The van der Waals surface area contributed by atoms with Crippen LogP contribution in [0.3, 0.4) is 0 Å². The van der Waals surface area contributed by atoms with E-state index in [2.05, 4.69) is 10.3 Å². The number of hydrogen-bond acceptors (Lipinski definition) is 3. The fraction of sp³-hybridized carbons (Fsp3) is 0.455. The second-order valence-corrected chi connectivity index (χ2v) is 3.83. The van der Waals surface area contributed by atoms with Crippen LogP contribution in [0.4, 0.5) is 0 Å². The molecule has 1 rings (SSSR count). The Morgan fingerprint density at radius 2 is 2.25 bits per heavy atom. The highest BCUT2D eigenvalue weighted by molar-refractivity contribution is 5.93. The average Bonchev–Trinajstić information content (AvgIpc) is 2.24. The van der Waals surface area contributed by atoms with Crippen molar-refractivity contribution < 1.29 is 4.79 Å². The Labute approximate surface area is 94.5 Å². The minimum absolute atomic E-state index is 0.160. The number of carbonyl (C=O) groups excluding carboxylic acids is 1. The summed E-state index contributed by atoms with van der Waals surface area (Å²) in [5.41, 5.74) is -0.194. The van der Waals surface area contributed by atoms with Gasteiger partial charge in [0.1, 0.15) is 5.56 Å². The monoisotopic (exact) mass is 223 g/mol. The zero-order valence-corrected chi connectivity index (χ0v) is 9.62. The number of hydrogen-bond donors (Lipinski definition) is 2. The number of rotatable bonds is 5. The molecule has 0 aliphatic heterocycles. The number of pyridine rings is 1. The second-order valence-electron chi connectivity index (χ2n) is 3.83. The first-order valence-electron chi connectivity index (χ1n) is 5.22. The maximum atomic E-state index is 11.6. The van der Waals surface area contributed by atoms with Crippen molar-refractivity contribution in [3.8, 4) is 0 Å². The molecule has 1 aromatic heterocycles. The molecule has 0 atom stereocenters. The summed E-state index contributed by atoms with van der Waals surface area (Å²) in [4.78, 5) is 27.4. The molecule has 2 N–H and O–H groups in total. The number of nitrogens with zero attached hydrogens (tertiary/aromatic N) is 1. The van der Waals surface area contributed by atoms with Crippen molar-refractivity contribution >= 4 is 5.91 Å². The molecular formula is C11H17N3O2. The molecule has 0 spiro atoms. The fourth-order valence-corrected chi connectivity index (χ4v) is 1.29. The first-order chi connectivity index (χ1) is 7.61. The summed E-state index contributed by atoms with van der Waals surface area (Å²) in [6, 6.07) is 3.15. The van der Waals surface area contributed by atoms with Crippen molar-refractivity contribution in [1.82, 2.24) is 15.2 Å². The van der Waals surface area contributed by atoms with Gasteiger partial charge in [0.25, 0.3) is 11.5 Å². The van der Waals surface area contributed by atoms with E-state index in [1.54, 1.807) is 6.07 Å². The van der Waals surface area contributed by atoms with Gasteiger partial charge in [-0.15, -0.1) is 0 Å². The number of nitrogens with one attached hydrogen (secondary N) is 2. The summed E-state index contributed by atoms with van der Waals surface area (Å²) < 4.78 is 0. The van der Waals surface area contributed by atoms with E-state index in [1.807, 2.05) is 19.0 Å². The van der Waals surface area contributed by atoms with Gasteiger partial charge in [0, 0.05) is 12.7 Å². The number of amides is 1. The van der Waals surface area contributed by atoms with Crippen molar-refractivity contribution in [2.75, 3.05) is 27.2 Å². The third kappa shape index (κ3) is 3.86. The molecule has 0 fully saturated rings. The molecule has 0 aliphatic rings. The molecule has 16 heavy (non-hydrogen) atoms. The Kier molecular flexibility index (Phi) is 4.72. The third-order valence-corrected chi connectivity index (χ3v) is 2.13. The molecule has 1 amide bonds. The van der Waals surface area contributed by atoms with E-state index in [0.29, 0.717) is 6.54 Å². The highest BCUT2D eigenvalue weighted by Gasteiger charge is 2.07. The highest BCUT2D eigenvalue weighted by Crippen LogP contribution is 1.89. The van der Waals surface area contributed by atoms with Gasteiger partial charge in [-0.1, -0.05) is 0 Å². The maximum Gasteiger partial charge on any atom is 0.260 e. The number of aromatic amines is 1. The molecule has 1 heterocycles. The van der Waals surface area contributed by atoms with Gasteiger partial charge in [0.05, 0.1) is 0 Å². The lowest BCUT2D eigenvalue weighted by Crippen LogP contribution is -2.31. The summed E-state index contributed by atoms with van der Waals surface area (Å²) in [5.74, 6) is -0.319. The summed E-state index contributed by atoms with van der Waals surface area (Å²) in [5, 5.41) is 2.71. The van der Waals surface area contributed by atoms with Crippen LogP contribution in [0, 0.1) is 0 Å². The SMILES string of the molecule is CN(C)CCCNC(=O)c1ccc[nH]c1=O. The van der Waals surface area contributed by atoms with E-state index in [1.165, 1.54) is 12.3 Å². The molecule has 0 aliphatic carbocycles. The molecule has 0 aromatic carbocycles. The van der Waals surface area contributed by atoms with Crippen LogP contribution in [-0.4, -0.2) is 43.0 Å². The van der Waals surface area contributed by atoms with E-state index < -0.39 is 0 Å². The summed E-state index contributed by atoms with van der Waals surface area (Å²) >= 11 is 0. The Bertz CT molecular complexity index is 398. The lowest BCUT2D eigenvalue weighted by Gasteiger charge is -2.09. The van der Waals surface area contributed by atoms with E-state index in [0.717, 1.165) is 13.0 Å². The quantitative estimate of drug-likeness (QED) is 0.694. The Balaban J connectivity index is 2.42. The predicted octanol–water partition coefficient (Wildman–Crippen LogP) is 0.0564. The zero-order valence-electron chi connectivity index (χ0n) is 9.62. The topological polar surface area (TPSA) is 65.2 Å². The van der Waals surface area contributed by atoms with Gasteiger partial charge in [-0.05, 0) is 39.2 Å². The Morgan fingerprint density at radius 1 is 1.50 bits per heavy atom. The van der Waals surface area contributed by atoms with Crippen LogP contribution in [0.25, 0.3) is 0 Å². The van der Waals surface area contributed by atoms with Crippen LogP contribution in [0.1, 0.15) is 16.8 Å². The molecule has 88 valence electrons. The van der Waals surface area contributed by atoms with Crippen molar-refractivity contribution in [1.29, 1.82) is 0 Å². The van der Waals surface area contributed by atoms with Crippen LogP contribution in [0.5, 0.6) is 0 Å².